The van der Waals surface area contributed by atoms with E-state index in [2.05, 4.69) is 25.7 Å². The van der Waals surface area contributed by atoms with E-state index in [0.717, 1.165) is 7.11 Å². The molecule has 0 N–H and O–H groups in total. The summed E-state index contributed by atoms with van der Waals surface area (Å²) in [5.74, 6) is -1.92. The molecule has 1 aromatic rings. The highest BCUT2D eigenvalue weighted by molar-refractivity contribution is 9.10. The summed E-state index contributed by atoms with van der Waals surface area (Å²) in [5.41, 5.74) is -1.23. The van der Waals surface area contributed by atoms with E-state index in [0.29, 0.717) is 6.07 Å². The van der Waals surface area contributed by atoms with E-state index in [1.54, 1.807) is 0 Å². The van der Waals surface area contributed by atoms with Crippen LogP contribution in [0.3, 0.4) is 0 Å². The summed E-state index contributed by atoms with van der Waals surface area (Å²) in [6.45, 7) is 0. The molecule has 0 spiro atoms. The Hall–Kier alpha value is -1.64. The first-order valence-corrected chi connectivity index (χ1v) is 4.89. The van der Waals surface area contributed by atoms with Crippen LogP contribution in [0.2, 0.25) is 0 Å². The van der Waals surface area contributed by atoms with Crippen LogP contribution in [-0.2, 0) is 4.74 Å². The van der Waals surface area contributed by atoms with Crippen LogP contribution in [0.1, 0.15) is 22.3 Å². The number of pyridine rings is 1. The molecule has 0 saturated carbocycles. The fourth-order valence-electron chi connectivity index (χ4n) is 1.06. The van der Waals surface area contributed by atoms with Gasteiger partial charge in [0.05, 0.1) is 7.11 Å². The molecule has 0 aliphatic rings. The highest BCUT2D eigenvalue weighted by Crippen LogP contribution is 2.31. The Morgan fingerprint density at radius 1 is 1.65 bits per heavy atom. The van der Waals surface area contributed by atoms with E-state index in [1.807, 2.05) is 0 Å². The summed E-state index contributed by atoms with van der Waals surface area (Å²) in [4.78, 5) is 23.9. The smallest absolute Gasteiger partial charge is 0.373 e. The minimum atomic E-state index is -3.11. The number of aromatic nitrogens is 1. The standard InChI is InChI=1S/C8H5BrF2N2O4/c1-17-8(14)3-2-4(6(10)11)7(13(15)16)12-5(3)9/h2,6H,1H3. The second kappa shape index (κ2) is 5.13. The lowest BCUT2D eigenvalue weighted by atomic mass is 10.2. The molecular formula is C8H5BrF2N2O4. The zero-order valence-electron chi connectivity index (χ0n) is 8.32. The van der Waals surface area contributed by atoms with Crippen LogP contribution in [0.15, 0.2) is 10.7 Å². The Balaban J connectivity index is 3.45. The van der Waals surface area contributed by atoms with E-state index < -0.39 is 28.7 Å². The van der Waals surface area contributed by atoms with Crippen molar-refractivity contribution in [2.45, 2.75) is 6.43 Å². The summed E-state index contributed by atoms with van der Waals surface area (Å²) in [7, 11) is 1.05. The number of nitro groups is 1. The molecule has 0 unspecified atom stereocenters. The van der Waals surface area contributed by atoms with E-state index in [4.69, 9.17) is 0 Å². The second-order valence-electron chi connectivity index (χ2n) is 2.79. The maximum Gasteiger partial charge on any atom is 0.373 e. The lowest BCUT2D eigenvalue weighted by molar-refractivity contribution is -0.391. The first kappa shape index (κ1) is 13.4. The maximum atomic E-state index is 12.6. The van der Waals surface area contributed by atoms with Crippen molar-refractivity contribution in [2.24, 2.45) is 0 Å². The predicted molar refractivity (Wildman–Crippen MR) is 54.9 cm³/mol. The molecule has 6 nitrogen and oxygen atoms in total. The van der Waals surface area contributed by atoms with Crippen LogP contribution in [0, 0.1) is 10.1 Å². The molecule has 0 atom stereocenters. The number of methoxy groups -OCH3 is 1. The summed E-state index contributed by atoms with van der Waals surface area (Å²) < 4.78 is 29.2. The summed E-state index contributed by atoms with van der Waals surface area (Å²) >= 11 is 2.78. The van der Waals surface area contributed by atoms with Crippen molar-refractivity contribution in [3.05, 3.63) is 31.9 Å². The topological polar surface area (TPSA) is 82.3 Å². The molecule has 1 aromatic heterocycles. The highest BCUT2D eigenvalue weighted by Gasteiger charge is 2.29. The molecule has 0 radical (unpaired) electrons. The van der Waals surface area contributed by atoms with Gasteiger partial charge in [0, 0.05) is 15.9 Å². The molecule has 92 valence electrons. The Morgan fingerprint density at radius 3 is 2.65 bits per heavy atom. The highest BCUT2D eigenvalue weighted by atomic mass is 79.9. The van der Waals surface area contributed by atoms with Gasteiger partial charge in [-0.05, 0) is 16.0 Å². The third-order valence-corrected chi connectivity index (χ3v) is 2.40. The molecule has 17 heavy (non-hydrogen) atoms. The molecular weight excluding hydrogens is 306 g/mol. The van der Waals surface area contributed by atoms with Crippen LogP contribution in [0.25, 0.3) is 0 Å². The van der Waals surface area contributed by atoms with Gasteiger partial charge in [0.15, 0.2) is 0 Å². The van der Waals surface area contributed by atoms with E-state index >= 15 is 0 Å². The zero-order valence-corrected chi connectivity index (χ0v) is 9.90. The molecule has 9 heteroatoms. The van der Waals surface area contributed by atoms with Crippen molar-refractivity contribution in [2.75, 3.05) is 7.11 Å². The molecule has 0 saturated heterocycles. The predicted octanol–water partition coefficient (Wildman–Crippen LogP) is 2.48. The molecule has 0 aliphatic carbocycles. The summed E-state index contributed by atoms with van der Waals surface area (Å²) in [6.07, 6.45) is -3.11. The molecule has 0 aromatic carbocycles. The van der Waals surface area contributed by atoms with Gasteiger partial charge in [-0.2, -0.15) is 0 Å². The second-order valence-corrected chi connectivity index (χ2v) is 3.54. The first-order valence-electron chi connectivity index (χ1n) is 4.09. The first-order chi connectivity index (χ1) is 7.88. The van der Waals surface area contributed by atoms with E-state index in [9.17, 15) is 23.7 Å². The van der Waals surface area contributed by atoms with Crippen LogP contribution in [-0.4, -0.2) is 23.0 Å². The van der Waals surface area contributed by atoms with Crippen molar-refractivity contribution in [1.82, 2.24) is 4.98 Å². The molecule has 0 aliphatic heterocycles. The van der Waals surface area contributed by atoms with Gasteiger partial charge in [0.25, 0.3) is 6.43 Å². The summed E-state index contributed by atoms with van der Waals surface area (Å²) in [5, 5.41) is 10.5. The Bertz CT molecular complexity index is 481. The third kappa shape index (κ3) is 2.73. The molecule has 0 bridgehead atoms. The number of rotatable bonds is 3. The maximum absolute atomic E-state index is 12.6. The number of halogens is 3. The Labute approximate surface area is 102 Å². The molecule has 1 heterocycles. The van der Waals surface area contributed by atoms with Crippen molar-refractivity contribution in [3.63, 3.8) is 0 Å². The van der Waals surface area contributed by atoms with Gasteiger partial charge in [-0.1, -0.05) is 0 Å². The van der Waals surface area contributed by atoms with Gasteiger partial charge in [-0.25, -0.2) is 13.6 Å². The normalized spacial score (nSPS) is 10.4. The molecule has 1 rings (SSSR count). The number of alkyl halides is 2. The average Bonchev–Trinajstić information content (AvgIpc) is 2.27. The number of nitrogens with zero attached hydrogens (tertiary/aromatic N) is 2. The fraction of sp³-hybridized carbons (Fsp3) is 0.250. The fourth-order valence-corrected chi connectivity index (χ4v) is 1.50. The number of carbonyl (C=O) groups is 1. The van der Waals surface area contributed by atoms with Crippen molar-refractivity contribution in [3.8, 4) is 0 Å². The van der Waals surface area contributed by atoms with Gasteiger partial charge in [-0.15, -0.1) is 0 Å². The minimum Gasteiger partial charge on any atom is -0.465 e. The van der Waals surface area contributed by atoms with Crippen molar-refractivity contribution in [1.29, 1.82) is 0 Å². The van der Waals surface area contributed by atoms with E-state index in [-0.39, 0.29) is 10.2 Å². The van der Waals surface area contributed by atoms with Crippen LogP contribution in [0.4, 0.5) is 14.6 Å². The molecule has 0 fully saturated rings. The largest absolute Gasteiger partial charge is 0.465 e. The Morgan fingerprint density at radius 2 is 2.24 bits per heavy atom. The van der Waals surface area contributed by atoms with Gasteiger partial charge in [-0.3, -0.25) is 0 Å². The monoisotopic (exact) mass is 310 g/mol. The third-order valence-electron chi connectivity index (χ3n) is 1.80. The lowest BCUT2D eigenvalue weighted by Crippen LogP contribution is -2.08. The van der Waals surface area contributed by atoms with Gasteiger partial charge in [0.2, 0.25) is 4.60 Å². The van der Waals surface area contributed by atoms with Crippen molar-refractivity contribution < 1.29 is 23.2 Å². The Kier molecular flexibility index (Phi) is 4.05. The number of esters is 1. The van der Waals surface area contributed by atoms with Gasteiger partial charge < -0.3 is 14.9 Å². The number of carbonyl (C=O) groups excluding carboxylic acids is 1. The van der Waals surface area contributed by atoms with Crippen molar-refractivity contribution >= 4 is 27.7 Å². The zero-order chi connectivity index (χ0) is 13.2. The van der Waals surface area contributed by atoms with Crippen LogP contribution in [0.5, 0.6) is 0 Å². The molecule has 0 amide bonds. The number of ether oxygens (including phenoxy) is 1. The number of hydrogen-bond donors (Lipinski definition) is 0. The lowest BCUT2D eigenvalue weighted by Gasteiger charge is -2.04. The van der Waals surface area contributed by atoms with Crippen LogP contribution >= 0.6 is 15.9 Å². The van der Waals surface area contributed by atoms with Gasteiger partial charge >= 0.3 is 11.8 Å². The minimum absolute atomic E-state index is 0.222. The van der Waals surface area contributed by atoms with Crippen LogP contribution < -0.4 is 0 Å². The van der Waals surface area contributed by atoms with E-state index in [1.165, 1.54) is 0 Å². The summed E-state index contributed by atoms with van der Waals surface area (Å²) in [6, 6.07) is 0.686. The number of hydrogen-bond acceptors (Lipinski definition) is 5. The average molecular weight is 311 g/mol. The van der Waals surface area contributed by atoms with Gasteiger partial charge in [0.1, 0.15) is 11.1 Å². The SMILES string of the molecule is COC(=O)c1cc(C(F)F)c([N+](=O)[O-])nc1Br. The quantitative estimate of drug-likeness (QED) is 0.371.